The molecule has 4 heterocycles. The highest BCUT2D eigenvalue weighted by molar-refractivity contribution is 5.90. The average molecular weight is 724 g/mol. The summed E-state index contributed by atoms with van der Waals surface area (Å²) in [6, 6.07) is 22.1. The van der Waals surface area contributed by atoms with Gasteiger partial charge in [0.2, 0.25) is 5.91 Å². The van der Waals surface area contributed by atoms with Gasteiger partial charge in [0, 0.05) is 57.5 Å². The maximum Gasteiger partial charge on any atom is 0.471 e. The number of alkyl halides is 3. The minimum atomic E-state index is -5.02. The largest absolute Gasteiger partial charge is 0.471 e. The number of carbonyl (C=O) groups is 2. The zero-order chi connectivity index (χ0) is 36.3. The Morgan fingerprint density at radius 2 is 1.58 bits per heavy atom. The van der Waals surface area contributed by atoms with E-state index in [0.717, 1.165) is 65.9 Å². The number of hydrogen-bond donors (Lipinski definition) is 2. The topological polar surface area (TPSA) is 110 Å². The van der Waals surface area contributed by atoms with Crippen molar-refractivity contribution in [1.29, 1.82) is 0 Å². The standard InChI is InChI=1S/C39H44F3N3O7/c40-39(41,42)37(48)45-15-3-8-33(45)35(47)43-23-27-4-1-5-29(20-27)30-6-2-7-31(21-30)36-51-32(22-34(52-36)28-11-9-26(25-46)10-12-28)24-44-16-13-38(14-17-44)49-18-19-50-38/h1-2,4-7,9-12,20-21,32-34,36,46H,3,8,13-19,22-25H2,(H,43,47)/t32-,33-,34+,36+/m0/s1. The summed E-state index contributed by atoms with van der Waals surface area (Å²) in [5.74, 6) is -3.04. The summed E-state index contributed by atoms with van der Waals surface area (Å²) in [6.07, 6.45) is -3.20. The zero-order valence-electron chi connectivity index (χ0n) is 28.9. The second-order valence-corrected chi connectivity index (χ2v) is 14.0. The molecule has 0 saturated carbocycles. The smallest absolute Gasteiger partial charge is 0.392 e. The fraction of sp³-hybridized carbons (Fsp3) is 0.487. The number of aliphatic hydroxyl groups is 1. The summed E-state index contributed by atoms with van der Waals surface area (Å²) in [6.45, 7) is 3.66. The molecule has 0 aromatic heterocycles. The molecular weight excluding hydrogens is 679 g/mol. The minimum absolute atomic E-state index is 0.0352. The number of rotatable bonds is 9. The van der Waals surface area contributed by atoms with Crippen molar-refractivity contribution in [2.24, 2.45) is 0 Å². The fourth-order valence-electron chi connectivity index (χ4n) is 7.66. The van der Waals surface area contributed by atoms with Crippen LogP contribution in [0, 0.1) is 0 Å². The number of nitrogens with zero attached hydrogens (tertiary/aromatic N) is 2. The molecule has 0 unspecified atom stereocenters. The number of carbonyl (C=O) groups excluding carboxylic acids is 2. The molecule has 4 aliphatic heterocycles. The van der Waals surface area contributed by atoms with Gasteiger partial charge in [-0.2, -0.15) is 13.2 Å². The van der Waals surface area contributed by atoms with Gasteiger partial charge < -0.3 is 39.2 Å². The Labute approximate surface area is 300 Å². The number of halogens is 3. The molecule has 7 rings (SSSR count). The van der Waals surface area contributed by atoms with E-state index in [0.29, 0.717) is 31.0 Å². The molecule has 4 atom stereocenters. The normalized spacial score (nSPS) is 25.0. The second-order valence-electron chi connectivity index (χ2n) is 14.0. The SMILES string of the molecule is O=C(NCc1cccc(-c2cccc([C@@H]3O[C@H](CN4CCC5(CC4)OCCO5)C[C@H](c4ccc(CO)cc4)O3)c2)c1)[C@@H]1CCCN1C(=O)C(F)(F)F. The van der Waals surface area contributed by atoms with Crippen LogP contribution in [0.2, 0.25) is 0 Å². The van der Waals surface area contributed by atoms with Crippen molar-refractivity contribution in [2.75, 3.05) is 39.4 Å². The van der Waals surface area contributed by atoms with Gasteiger partial charge >= 0.3 is 12.1 Å². The van der Waals surface area contributed by atoms with Gasteiger partial charge in [0.25, 0.3) is 0 Å². The molecule has 0 bridgehead atoms. The van der Waals surface area contributed by atoms with Crippen LogP contribution in [-0.4, -0.2) is 90.2 Å². The molecule has 3 aromatic rings. The molecule has 4 fully saturated rings. The highest BCUT2D eigenvalue weighted by Gasteiger charge is 2.47. The van der Waals surface area contributed by atoms with Crippen molar-refractivity contribution < 1.29 is 46.8 Å². The van der Waals surface area contributed by atoms with E-state index in [-0.39, 0.29) is 38.3 Å². The van der Waals surface area contributed by atoms with Gasteiger partial charge in [0.05, 0.1) is 32.0 Å². The van der Waals surface area contributed by atoms with Crippen molar-refractivity contribution in [3.8, 4) is 11.1 Å². The molecule has 4 aliphatic rings. The maximum absolute atomic E-state index is 13.1. The van der Waals surface area contributed by atoms with E-state index in [9.17, 15) is 27.9 Å². The number of amides is 2. The van der Waals surface area contributed by atoms with E-state index >= 15 is 0 Å². The van der Waals surface area contributed by atoms with Crippen molar-refractivity contribution >= 4 is 11.8 Å². The number of aliphatic hydroxyl groups excluding tert-OH is 1. The van der Waals surface area contributed by atoms with Gasteiger partial charge in [-0.05, 0) is 52.8 Å². The van der Waals surface area contributed by atoms with Crippen LogP contribution in [0.1, 0.15) is 66.8 Å². The van der Waals surface area contributed by atoms with E-state index in [1.54, 1.807) is 0 Å². The summed E-state index contributed by atoms with van der Waals surface area (Å²) in [5.41, 5.74) is 5.23. The van der Waals surface area contributed by atoms with Gasteiger partial charge in [-0.3, -0.25) is 9.59 Å². The predicted molar refractivity (Wildman–Crippen MR) is 183 cm³/mol. The molecule has 3 aromatic carbocycles. The first kappa shape index (κ1) is 36.5. The first-order chi connectivity index (χ1) is 25.1. The number of benzene rings is 3. The lowest BCUT2D eigenvalue weighted by Crippen LogP contribution is -2.50. The number of nitrogens with one attached hydrogen (secondary N) is 1. The fourth-order valence-corrected chi connectivity index (χ4v) is 7.66. The Bertz CT molecular complexity index is 1710. The molecule has 2 N–H and O–H groups in total. The predicted octanol–water partition coefficient (Wildman–Crippen LogP) is 5.40. The van der Waals surface area contributed by atoms with E-state index in [1.165, 1.54) is 0 Å². The number of ether oxygens (including phenoxy) is 4. The van der Waals surface area contributed by atoms with Crippen molar-refractivity contribution in [3.63, 3.8) is 0 Å². The third kappa shape index (κ3) is 8.35. The summed E-state index contributed by atoms with van der Waals surface area (Å²) in [4.78, 5) is 27.7. The number of hydrogen-bond acceptors (Lipinski definition) is 8. The van der Waals surface area contributed by atoms with Crippen LogP contribution in [0.4, 0.5) is 13.2 Å². The Morgan fingerprint density at radius 1 is 0.865 bits per heavy atom. The molecule has 2 amide bonds. The molecule has 4 saturated heterocycles. The summed E-state index contributed by atoms with van der Waals surface area (Å²) in [7, 11) is 0. The highest BCUT2D eigenvalue weighted by atomic mass is 19.4. The van der Waals surface area contributed by atoms with Crippen LogP contribution in [-0.2, 0) is 41.7 Å². The van der Waals surface area contributed by atoms with Crippen LogP contribution in [0.25, 0.3) is 11.1 Å². The lowest BCUT2D eigenvalue weighted by atomic mass is 9.97. The second kappa shape index (κ2) is 15.6. The molecule has 10 nitrogen and oxygen atoms in total. The molecule has 13 heteroatoms. The van der Waals surface area contributed by atoms with Crippen LogP contribution in [0.3, 0.4) is 0 Å². The van der Waals surface area contributed by atoms with Gasteiger partial charge in [-0.1, -0.05) is 60.7 Å². The summed E-state index contributed by atoms with van der Waals surface area (Å²) < 4.78 is 64.3. The molecule has 0 radical (unpaired) electrons. The Hall–Kier alpha value is -3.85. The van der Waals surface area contributed by atoms with Crippen molar-refractivity contribution in [1.82, 2.24) is 15.1 Å². The molecule has 278 valence electrons. The average Bonchev–Trinajstić information content (AvgIpc) is 3.85. The minimum Gasteiger partial charge on any atom is -0.392 e. The third-order valence-corrected chi connectivity index (χ3v) is 10.5. The highest BCUT2D eigenvalue weighted by Crippen LogP contribution is 2.40. The summed E-state index contributed by atoms with van der Waals surface area (Å²) >= 11 is 0. The van der Waals surface area contributed by atoms with E-state index in [1.807, 2.05) is 72.8 Å². The Morgan fingerprint density at radius 3 is 2.29 bits per heavy atom. The first-order valence-corrected chi connectivity index (χ1v) is 17.9. The van der Waals surface area contributed by atoms with Gasteiger partial charge in [0.15, 0.2) is 12.1 Å². The lowest BCUT2D eigenvalue weighted by Gasteiger charge is -2.41. The lowest BCUT2D eigenvalue weighted by molar-refractivity contribution is -0.255. The molecule has 1 spiro atoms. The quantitative estimate of drug-likeness (QED) is 0.302. The Kier molecular flexibility index (Phi) is 11.0. The number of piperidine rings is 1. The van der Waals surface area contributed by atoms with Gasteiger partial charge in [0.1, 0.15) is 6.04 Å². The van der Waals surface area contributed by atoms with Crippen molar-refractivity contribution in [3.05, 3.63) is 95.1 Å². The van der Waals surface area contributed by atoms with Crippen LogP contribution in [0.5, 0.6) is 0 Å². The monoisotopic (exact) mass is 723 g/mol. The first-order valence-electron chi connectivity index (χ1n) is 17.9. The molecule has 52 heavy (non-hydrogen) atoms. The molecule has 0 aliphatic carbocycles. The van der Waals surface area contributed by atoms with E-state index in [2.05, 4.69) is 10.2 Å². The van der Waals surface area contributed by atoms with Crippen LogP contribution >= 0.6 is 0 Å². The van der Waals surface area contributed by atoms with Crippen LogP contribution < -0.4 is 5.32 Å². The van der Waals surface area contributed by atoms with Gasteiger partial charge in [-0.15, -0.1) is 0 Å². The van der Waals surface area contributed by atoms with Crippen LogP contribution in [0.15, 0.2) is 72.8 Å². The molecular formula is C39H44F3N3O7. The van der Waals surface area contributed by atoms with E-state index in [4.69, 9.17) is 18.9 Å². The number of likely N-dealkylation sites (tertiary alicyclic amines) is 2. The zero-order valence-corrected chi connectivity index (χ0v) is 28.9. The maximum atomic E-state index is 13.1. The third-order valence-electron chi connectivity index (χ3n) is 10.5. The Balaban J connectivity index is 1.04. The summed E-state index contributed by atoms with van der Waals surface area (Å²) in [5, 5.41) is 12.3. The van der Waals surface area contributed by atoms with E-state index < -0.39 is 36.1 Å². The van der Waals surface area contributed by atoms with Gasteiger partial charge in [-0.25, -0.2) is 0 Å². The van der Waals surface area contributed by atoms with Crippen molar-refractivity contribution in [2.45, 2.75) is 81.8 Å².